The highest BCUT2D eigenvalue weighted by Gasteiger charge is 2.36. The summed E-state index contributed by atoms with van der Waals surface area (Å²) < 4.78 is 12.5. The molecule has 1 aromatic carbocycles. The van der Waals surface area contributed by atoms with Crippen LogP contribution in [0.1, 0.15) is 49.4 Å². The Hall–Kier alpha value is -3.13. The van der Waals surface area contributed by atoms with Gasteiger partial charge in [0, 0.05) is 39.2 Å². The van der Waals surface area contributed by atoms with Crippen LogP contribution in [0, 0.1) is 5.92 Å². The van der Waals surface area contributed by atoms with Crippen LogP contribution in [0.4, 0.5) is 0 Å². The molecule has 1 aliphatic carbocycles. The lowest BCUT2D eigenvalue weighted by Gasteiger charge is -2.28. The quantitative estimate of drug-likeness (QED) is 0.568. The van der Waals surface area contributed by atoms with Crippen LogP contribution in [0.5, 0.6) is 5.75 Å². The number of ether oxygens (including phenoxy) is 2. The van der Waals surface area contributed by atoms with Crippen LogP contribution < -0.4 is 4.74 Å². The SMILES string of the molecule is COCCN(CC(=O)N1N=C(c2cccn2C)CC1c1ccc(OC)cc1)C(=O)C1CCCC1. The van der Waals surface area contributed by atoms with Gasteiger partial charge in [-0.2, -0.15) is 5.10 Å². The Morgan fingerprint density at radius 1 is 1.12 bits per heavy atom. The summed E-state index contributed by atoms with van der Waals surface area (Å²) in [5.41, 5.74) is 2.81. The van der Waals surface area contributed by atoms with Gasteiger partial charge in [0.2, 0.25) is 5.91 Å². The molecular formula is C26H34N4O4. The molecule has 2 aliphatic rings. The fourth-order valence-electron chi connectivity index (χ4n) is 4.88. The summed E-state index contributed by atoms with van der Waals surface area (Å²) in [6.45, 7) is 0.785. The molecule has 2 aromatic rings. The number of amides is 2. The minimum absolute atomic E-state index is 0.00282. The second kappa shape index (κ2) is 10.9. The van der Waals surface area contributed by atoms with Crippen molar-refractivity contribution in [1.29, 1.82) is 0 Å². The Morgan fingerprint density at radius 2 is 1.85 bits per heavy atom. The summed E-state index contributed by atoms with van der Waals surface area (Å²) in [7, 11) is 5.21. The van der Waals surface area contributed by atoms with E-state index in [0.717, 1.165) is 48.4 Å². The number of aryl methyl sites for hydroxylation is 1. The zero-order valence-corrected chi connectivity index (χ0v) is 20.3. The van der Waals surface area contributed by atoms with Crippen molar-refractivity contribution in [3.8, 4) is 5.75 Å². The maximum Gasteiger partial charge on any atom is 0.262 e. The Balaban J connectivity index is 1.59. The number of rotatable bonds is 9. The van der Waals surface area contributed by atoms with E-state index >= 15 is 0 Å². The third-order valence-electron chi connectivity index (χ3n) is 6.81. The van der Waals surface area contributed by atoms with Gasteiger partial charge in [-0.3, -0.25) is 9.59 Å². The number of nitrogens with zero attached hydrogens (tertiary/aromatic N) is 4. The molecule has 0 radical (unpaired) electrons. The molecule has 0 N–H and O–H groups in total. The van der Waals surface area contributed by atoms with Crippen molar-refractivity contribution in [3.63, 3.8) is 0 Å². The molecule has 1 aliphatic heterocycles. The highest BCUT2D eigenvalue weighted by atomic mass is 16.5. The monoisotopic (exact) mass is 466 g/mol. The van der Waals surface area contributed by atoms with Crippen LogP contribution in [0.3, 0.4) is 0 Å². The van der Waals surface area contributed by atoms with Gasteiger partial charge < -0.3 is 18.9 Å². The summed E-state index contributed by atoms with van der Waals surface area (Å²) in [6.07, 6.45) is 6.49. The van der Waals surface area contributed by atoms with Gasteiger partial charge in [0.05, 0.1) is 31.2 Å². The fourth-order valence-corrected chi connectivity index (χ4v) is 4.88. The van der Waals surface area contributed by atoms with E-state index in [-0.39, 0.29) is 30.3 Å². The largest absolute Gasteiger partial charge is 0.497 e. The van der Waals surface area contributed by atoms with Gasteiger partial charge in [-0.05, 0) is 42.7 Å². The molecule has 1 fully saturated rings. The van der Waals surface area contributed by atoms with Crippen LogP contribution in [0.15, 0.2) is 47.7 Å². The number of hydrazone groups is 1. The van der Waals surface area contributed by atoms with Gasteiger partial charge in [-0.25, -0.2) is 5.01 Å². The topological polar surface area (TPSA) is 76.4 Å². The van der Waals surface area contributed by atoms with Gasteiger partial charge in [-0.15, -0.1) is 0 Å². The third kappa shape index (κ3) is 5.17. The van der Waals surface area contributed by atoms with Crippen molar-refractivity contribution in [2.75, 3.05) is 33.9 Å². The first-order chi connectivity index (χ1) is 16.5. The summed E-state index contributed by atoms with van der Waals surface area (Å²) in [6, 6.07) is 11.5. The van der Waals surface area contributed by atoms with Gasteiger partial charge in [0.15, 0.2) is 0 Å². The van der Waals surface area contributed by atoms with Gasteiger partial charge in [0.25, 0.3) is 5.91 Å². The number of aromatic nitrogens is 1. The Bertz CT molecular complexity index is 1020. The minimum atomic E-state index is -0.242. The molecule has 0 saturated heterocycles. The van der Waals surface area contributed by atoms with Crippen LogP contribution in [0.25, 0.3) is 0 Å². The van der Waals surface area contributed by atoms with E-state index in [2.05, 4.69) is 0 Å². The van der Waals surface area contributed by atoms with E-state index in [1.807, 2.05) is 54.2 Å². The molecule has 8 nitrogen and oxygen atoms in total. The van der Waals surface area contributed by atoms with Gasteiger partial charge in [0.1, 0.15) is 12.3 Å². The maximum absolute atomic E-state index is 13.6. The molecule has 1 saturated carbocycles. The molecular weight excluding hydrogens is 432 g/mol. The summed E-state index contributed by atoms with van der Waals surface area (Å²) in [5.74, 6) is 0.626. The van der Waals surface area contributed by atoms with Crippen LogP contribution in [-0.2, 0) is 21.4 Å². The molecule has 2 amide bonds. The Labute approximate surface area is 201 Å². The molecule has 1 aromatic heterocycles. The van der Waals surface area contributed by atoms with Crippen molar-refractivity contribution in [2.24, 2.45) is 18.1 Å². The van der Waals surface area contributed by atoms with Gasteiger partial charge >= 0.3 is 0 Å². The van der Waals surface area contributed by atoms with Crippen molar-refractivity contribution in [3.05, 3.63) is 53.9 Å². The molecule has 182 valence electrons. The minimum Gasteiger partial charge on any atom is -0.497 e. The van der Waals surface area contributed by atoms with Crippen molar-refractivity contribution >= 4 is 17.5 Å². The van der Waals surface area contributed by atoms with Gasteiger partial charge in [-0.1, -0.05) is 25.0 Å². The van der Waals surface area contributed by atoms with E-state index in [1.54, 1.807) is 24.1 Å². The Kier molecular flexibility index (Phi) is 7.67. The first-order valence-electron chi connectivity index (χ1n) is 11.9. The second-order valence-corrected chi connectivity index (χ2v) is 9.02. The lowest BCUT2D eigenvalue weighted by atomic mass is 10.0. The molecule has 4 rings (SSSR count). The van der Waals surface area contributed by atoms with E-state index in [1.165, 1.54) is 0 Å². The highest BCUT2D eigenvalue weighted by Crippen LogP contribution is 2.34. The highest BCUT2D eigenvalue weighted by molar-refractivity contribution is 6.02. The van der Waals surface area contributed by atoms with E-state index < -0.39 is 0 Å². The molecule has 8 heteroatoms. The molecule has 1 atom stereocenters. The maximum atomic E-state index is 13.6. The fraction of sp³-hybridized carbons (Fsp3) is 0.500. The van der Waals surface area contributed by atoms with E-state index in [9.17, 15) is 9.59 Å². The number of hydrogen-bond acceptors (Lipinski definition) is 5. The predicted molar refractivity (Wildman–Crippen MR) is 130 cm³/mol. The molecule has 2 heterocycles. The molecule has 0 spiro atoms. The average molecular weight is 467 g/mol. The van der Waals surface area contributed by atoms with Crippen LogP contribution >= 0.6 is 0 Å². The number of benzene rings is 1. The van der Waals surface area contributed by atoms with E-state index in [0.29, 0.717) is 19.6 Å². The zero-order valence-electron chi connectivity index (χ0n) is 20.3. The van der Waals surface area contributed by atoms with Crippen molar-refractivity contribution in [1.82, 2.24) is 14.5 Å². The average Bonchev–Trinajstić information content (AvgIpc) is 3.62. The zero-order chi connectivity index (χ0) is 24.1. The molecule has 0 bridgehead atoms. The summed E-state index contributed by atoms with van der Waals surface area (Å²) in [5, 5.41) is 6.32. The van der Waals surface area contributed by atoms with E-state index in [4.69, 9.17) is 14.6 Å². The van der Waals surface area contributed by atoms with Crippen LogP contribution in [-0.4, -0.2) is 65.9 Å². The second-order valence-electron chi connectivity index (χ2n) is 9.02. The smallest absolute Gasteiger partial charge is 0.262 e. The first-order valence-corrected chi connectivity index (χ1v) is 11.9. The summed E-state index contributed by atoms with van der Waals surface area (Å²) >= 11 is 0. The normalized spacial score (nSPS) is 18.3. The molecule has 34 heavy (non-hydrogen) atoms. The Morgan fingerprint density at radius 3 is 2.47 bits per heavy atom. The number of carbonyl (C=O) groups is 2. The first kappa shape index (κ1) is 24.0. The van der Waals surface area contributed by atoms with Crippen molar-refractivity contribution < 1.29 is 19.1 Å². The lowest BCUT2D eigenvalue weighted by Crippen LogP contribution is -2.44. The van der Waals surface area contributed by atoms with Crippen molar-refractivity contribution in [2.45, 2.75) is 38.1 Å². The standard InChI is InChI=1S/C26H34N4O4/c1-28-14-6-9-23(28)22-17-24(19-10-12-21(34-3)13-11-19)30(27-22)25(31)18-29(15-16-33-2)26(32)20-7-4-5-8-20/h6,9-14,20,24H,4-5,7-8,15-18H2,1-3H3. The number of methoxy groups -OCH3 is 2. The summed E-state index contributed by atoms with van der Waals surface area (Å²) in [4.78, 5) is 28.4. The van der Waals surface area contributed by atoms with Crippen LogP contribution in [0.2, 0.25) is 0 Å². The lowest BCUT2D eigenvalue weighted by molar-refractivity contribution is -0.144. The third-order valence-corrected chi connectivity index (χ3v) is 6.81. The predicted octanol–water partition coefficient (Wildman–Crippen LogP) is 3.38. The number of hydrogen-bond donors (Lipinski definition) is 0. The molecule has 1 unspecified atom stereocenters. The number of carbonyl (C=O) groups excluding carboxylic acids is 2.